The third-order valence-electron chi connectivity index (χ3n) is 2.41. The third-order valence-corrected chi connectivity index (χ3v) is 2.66. The number of ether oxygens (including phenoxy) is 1. The molecule has 2 rings (SSSR count). The zero-order valence-corrected chi connectivity index (χ0v) is 10.6. The molecule has 0 saturated carbocycles. The number of aryl methyl sites for hydroxylation is 1. The van der Waals surface area contributed by atoms with Gasteiger partial charge in [0.2, 0.25) is 0 Å². The Kier molecular flexibility index (Phi) is 3.85. The fourth-order valence-corrected chi connectivity index (χ4v) is 1.58. The van der Waals surface area contributed by atoms with E-state index in [4.69, 9.17) is 16.3 Å². The largest absolute Gasteiger partial charge is 0.417 e. The van der Waals surface area contributed by atoms with Crippen molar-refractivity contribution in [2.24, 2.45) is 0 Å². The fraction of sp³-hybridized carbons (Fsp3) is 0.0714. The van der Waals surface area contributed by atoms with Crippen molar-refractivity contribution < 1.29 is 9.53 Å². The van der Waals surface area contributed by atoms with Gasteiger partial charge < -0.3 is 4.74 Å². The van der Waals surface area contributed by atoms with Crippen molar-refractivity contribution in [2.75, 3.05) is 5.32 Å². The maximum absolute atomic E-state index is 11.7. The molecule has 92 valence electrons. The van der Waals surface area contributed by atoms with Crippen molar-refractivity contribution in [2.45, 2.75) is 6.92 Å². The Morgan fingerprint density at radius 1 is 1.11 bits per heavy atom. The first-order valence-corrected chi connectivity index (χ1v) is 5.83. The van der Waals surface area contributed by atoms with Gasteiger partial charge in [0.25, 0.3) is 0 Å². The Morgan fingerprint density at radius 3 is 2.44 bits per heavy atom. The summed E-state index contributed by atoms with van der Waals surface area (Å²) < 4.78 is 5.12. The number of nitrogens with one attached hydrogen (secondary N) is 1. The first-order valence-electron chi connectivity index (χ1n) is 5.45. The summed E-state index contributed by atoms with van der Waals surface area (Å²) in [5, 5.41) is 3.28. The number of hydrogen-bond acceptors (Lipinski definition) is 2. The predicted molar refractivity (Wildman–Crippen MR) is 72.3 cm³/mol. The van der Waals surface area contributed by atoms with Crippen LogP contribution in [0.4, 0.5) is 10.5 Å². The molecule has 0 unspecified atom stereocenters. The molecule has 18 heavy (non-hydrogen) atoms. The Morgan fingerprint density at radius 2 is 1.78 bits per heavy atom. The Labute approximate surface area is 110 Å². The molecule has 0 saturated heterocycles. The molecular weight excluding hydrogens is 250 g/mol. The van der Waals surface area contributed by atoms with Gasteiger partial charge in [0.1, 0.15) is 5.75 Å². The average Bonchev–Trinajstić information content (AvgIpc) is 2.35. The van der Waals surface area contributed by atoms with E-state index in [0.717, 1.165) is 11.3 Å². The molecule has 0 radical (unpaired) electrons. The molecule has 0 atom stereocenters. The van der Waals surface area contributed by atoms with Gasteiger partial charge in [0.15, 0.2) is 0 Å². The van der Waals surface area contributed by atoms with Gasteiger partial charge in [-0.15, -0.1) is 0 Å². The van der Waals surface area contributed by atoms with Crippen LogP contribution in [0.2, 0.25) is 5.02 Å². The van der Waals surface area contributed by atoms with E-state index in [-0.39, 0.29) is 0 Å². The summed E-state index contributed by atoms with van der Waals surface area (Å²) in [5.41, 5.74) is 1.71. The molecule has 0 aliphatic rings. The smallest absolute Gasteiger partial charge is 0.410 e. The molecule has 0 aromatic heterocycles. The number of anilines is 1. The highest BCUT2D eigenvalue weighted by Crippen LogP contribution is 2.17. The van der Waals surface area contributed by atoms with Gasteiger partial charge in [0, 0.05) is 10.7 Å². The Bertz CT molecular complexity index is 552. The molecule has 0 heterocycles. The van der Waals surface area contributed by atoms with Crippen LogP contribution < -0.4 is 10.1 Å². The van der Waals surface area contributed by atoms with Crippen molar-refractivity contribution in [3.8, 4) is 5.75 Å². The van der Waals surface area contributed by atoms with Crippen molar-refractivity contribution in [1.82, 2.24) is 0 Å². The number of para-hydroxylation sites is 1. The second-order valence-corrected chi connectivity index (χ2v) is 4.22. The molecule has 0 fully saturated rings. The SMILES string of the molecule is Cc1ccccc1NC(=O)Oc1ccc(Cl)cc1. The number of hydrogen-bond donors (Lipinski definition) is 1. The van der Waals surface area contributed by atoms with E-state index in [1.165, 1.54) is 0 Å². The molecule has 4 heteroatoms. The molecular formula is C14H12ClNO2. The van der Waals surface area contributed by atoms with E-state index in [0.29, 0.717) is 10.8 Å². The van der Waals surface area contributed by atoms with Crippen LogP contribution >= 0.6 is 11.6 Å². The maximum Gasteiger partial charge on any atom is 0.417 e. The summed E-state index contributed by atoms with van der Waals surface area (Å²) in [7, 11) is 0. The van der Waals surface area contributed by atoms with E-state index in [1.807, 2.05) is 31.2 Å². The number of carbonyl (C=O) groups excluding carboxylic acids is 1. The summed E-state index contributed by atoms with van der Waals surface area (Å²) >= 11 is 5.74. The van der Waals surface area contributed by atoms with Gasteiger partial charge in [0.05, 0.1) is 0 Å². The van der Waals surface area contributed by atoms with E-state index in [2.05, 4.69) is 5.32 Å². The molecule has 0 aliphatic carbocycles. The first-order chi connectivity index (χ1) is 8.65. The minimum Gasteiger partial charge on any atom is -0.410 e. The van der Waals surface area contributed by atoms with Crippen molar-refractivity contribution in [3.05, 3.63) is 59.1 Å². The van der Waals surface area contributed by atoms with Crippen LogP contribution in [0, 0.1) is 6.92 Å². The topological polar surface area (TPSA) is 38.3 Å². The van der Waals surface area contributed by atoms with Gasteiger partial charge in [-0.05, 0) is 42.8 Å². The highest BCUT2D eigenvalue weighted by molar-refractivity contribution is 6.30. The summed E-state index contributed by atoms with van der Waals surface area (Å²) in [6.07, 6.45) is -0.522. The zero-order valence-electron chi connectivity index (χ0n) is 9.81. The number of carbonyl (C=O) groups is 1. The van der Waals surface area contributed by atoms with Crippen LogP contribution in [0.25, 0.3) is 0 Å². The minimum absolute atomic E-state index is 0.450. The lowest BCUT2D eigenvalue weighted by Gasteiger charge is -2.08. The lowest BCUT2D eigenvalue weighted by atomic mass is 10.2. The van der Waals surface area contributed by atoms with E-state index >= 15 is 0 Å². The van der Waals surface area contributed by atoms with E-state index in [9.17, 15) is 4.79 Å². The van der Waals surface area contributed by atoms with Gasteiger partial charge in [-0.1, -0.05) is 29.8 Å². The minimum atomic E-state index is -0.522. The summed E-state index contributed by atoms with van der Waals surface area (Å²) in [4.78, 5) is 11.7. The molecule has 1 amide bonds. The third kappa shape index (κ3) is 3.25. The highest BCUT2D eigenvalue weighted by atomic mass is 35.5. The Hall–Kier alpha value is -2.00. The molecule has 0 bridgehead atoms. The van der Waals surface area contributed by atoms with Crippen LogP contribution in [0.15, 0.2) is 48.5 Å². The zero-order chi connectivity index (χ0) is 13.0. The van der Waals surface area contributed by atoms with Crippen LogP contribution in [0.5, 0.6) is 5.75 Å². The normalized spacial score (nSPS) is 9.89. The standard InChI is InChI=1S/C14H12ClNO2/c1-10-4-2-3-5-13(10)16-14(17)18-12-8-6-11(15)7-9-12/h2-9H,1H3,(H,16,17). The lowest BCUT2D eigenvalue weighted by Crippen LogP contribution is -2.17. The predicted octanol–water partition coefficient (Wildman–Crippen LogP) is 4.26. The van der Waals surface area contributed by atoms with Crippen LogP contribution in [0.1, 0.15) is 5.56 Å². The van der Waals surface area contributed by atoms with Crippen LogP contribution in [-0.2, 0) is 0 Å². The van der Waals surface area contributed by atoms with Crippen molar-refractivity contribution in [3.63, 3.8) is 0 Å². The Balaban J connectivity index is 2.01. The number of benzene rings is 2. The summed E-state index contributed by atoms with van der Waals surface area (Å²) in [5.74, 6) is 0.450. The van der Waals surface area contributed by atoms with E-state index in [1.54, 1.807) is 24.3 Å². The quantitative estimate of drug-likeness (QED) is 0.877. The molecule has 0 spiro atoms. The molecule has 2 aromatic carbocycles. The second kappa shape index (κ2) is 5.56. The van der Waals surface area contributed by atoms with Gasteiger partial charge >= 0.3 is 6.09 Å². The van der Waals surface area contributed by atoms with Crippen LogP contribution in [-0.4, -0.2) is 6.09 Å². The van der Waals surface area contributed by atoms with Crippen LogP contribution in [0.3, 0.4) is 0 Å². The van der Waals surface area contributed by atoms with Gasteiger partial charge in [-0.3, -0.25) is 5.32 Å². The van der Waals surface area contributed by atoms with Gasteiger partial charge in [-0.25, -0.2) is 4.79 Å². The average molecular weight is 262 g/mol. The maximum atomic E-state index is 11.7. The summed E-state index contributed by atoms with van der Waals surface area (Å²) in [6.45, 7) is 1.91. The number of halogens is 1. The van der Waals surface area contributed by atoms with Crippen molar-refractivity contribution in [1.29, 1.82) is 0 Å². The van der Waals surface area contributed by atoms with Gasteiger partial charge in [-0.2, -0.15) is 0 Å². The molecule has 0 aliphatic heterocycles. The van der Waals surface area contributed by atoms with E-state index < -0.39 is 6.09 Å². The molecule has 3 nitrogen and oxygen atoms in total. The number of amides is 1. The monoisotopic (exact) mass is 261 g/mol. The number of rotatable bonds is 2. The van der Waals surface area contributed by atoms with Crippen molar-refractivity contribution >= 4 is 23.4 Å². The highest BCUT2D eigenvalue weighted by Gasteiger charge is 2.06. The lowest BCUT2D eigenvalue weighted by molar-refractivity contribution is 0.215. The fourth-order valence-electron chi connectivity index (χ4n) is 1.46. The molecule has 2 aromatic rings. The first kappa shape index (κ1) is 12.5. The molecule has 1 N–H and O–H groups in total. The summed E-state index contributed by atoms with van der Waals surface area (Å²) in [6, 6.07) is 14.1. The second-order valence-electron chi connectivity index (χ2n) is 3.78.